The Hall–Kier alpha value is -1.84. The molecule has 0 atom stereocenters. The first-order valence-electron chi connectivity index (χ1n) is 5.63. The van der Waals surface area contributed by atoms with Gasteiger partial charge in [-0.25, -0.2) is 4.79 Å². The van der Waals surface area contributed by atoms with Crippen molar-refractivity contribution in [2.24, 2.45) is 0 Å². The van der Waals surface area contributed by atoms with E-state index in [0.29, 0.717) is 30.6 Å². The van der Waals surface area contributed by atoms with E-state index in [1.807, 2.05) is 19.1 Å². The van der Waals surface area contributed by atoms with Gasteiger partial charge >= 0.3 is 6.09 Å². The number of Topliss-reactive ketones (excluding diaryl/α,β-unsaturated/α-hetero) is 1. The molecule has 0 saturated heterocycles. The second-order valence-corrected chi connectivity index (χ2v) is 4.12. The molecule has 1 aliphatic heterocycles. The average molecular weight is 233 g/mol. The minimum atomic E-state index is -0.407. The fraction of sp³-hybridized carbons (Fsp3) is 0.385. The van der Waals surface area contributed by atoms with Crippen LogP contribution in [0.3, 0.4) is 0 Å². The first kappa shape index (κ1) is 11.6. The predicted octanol–water partition coefficient (Wildman–Crippen LogP) is 2.54. The molecule has 0 aromatic heterocycles. The lowest BCUT2D eigenvalue weighted by Gasteiger charge is -2.22. The van der Waals surface area contributed by atoms with Gasteiger partial charge in [-0.1, -0.05) is 12.1 Å². The lowest BCUT2D eigenvalue weighted by Crippen LogP contribution is -2.32. The van der Waals surface area contributed by atoms with Gasteiger partial charge < -0.3 is 4.74 Å². The van der Waals surface area contributed by atoms with Gasteiger partial charge in [-0.15, -0.1) is 0 Å². The average Bonchev–Trinajstić information content (AvgIpc) is 2.50. The SMILES string of the molecule is COC(=O)N1CCCC(=O)c2cccc(C)c21. The Morgan fingerprint density at radius 3 is 2.88 bits per heavy atom. The van der Waals surface area contributed by atoms with Gasteiger partial charge in [0, 0.05) is 18.5 Å². The maximum atomic E-state index is 11.9. The Morgan fingerprint density at radius 1 is 1.41 bits per heavy atom. The molecule has 0 N–H and O–H groups in total. The van der Waals surface area contributed by atoms with Crippen molar-refractivity contribution in [3.05, 3.63) is 29.3 Å². The number of hydrogen-bond donors (Lipinski definition) is 0. The van der Waals surface area contributed by atoms with Crippen LogP contribution in [0.15, 0.2) is 18.2 Å². The van der Waals surface area contributed by atoms with Gasteiger partial charge in [0.2, 0.25) is 0 Å². The summed E-state index contributed by atoms with van der Waals surface area (Å²) in [4.78, 5) is 25.2. The second kappa shape index (κ2) is 4.57. The van der Waals surface area contributed by atoms with E-state index in [0.717, 1.165) is 5.56 Å². The van der Waals surface area contributed by atoms with Gasteiger partial charge in [0.05, 0.1) is 12.8 Å². The summed E-state index contributed by atoms with van der Waals surface area (Å²) >= 11 is 0. The molecule has 0 spiro atoms. The number of amides is 1. The Kier molecular flexibility index (Phi) is 3.13. The number of ether oxygens (including phenoxy) is 1. The van der Waals surface area contributed by atoms with E-state index in [-0.39, 0.29) is 5.78 Å². The van der Waals surface area contributed by atoms with Crippen molar-refractivity contribution < 1.29 is 14.3 Å². The fourth-order valence-electron chi connectivity index (χ4n) is 2.18. The number of ketones is 1. The topological polar surface area (TPSA) is 46.6 Å². The predicted molar refractivity (Wildman–Crippen MR) is 64.5 cm³/mol. The Labute approximate surface area is 100 Å². The van der Waals surface area contributed by atoms with Crippen molar-refractivity contribution in [3.8, 4) is 0 Å². The molecule has 17 heavy (non-hydrogen) atoms. The van der Waals surface area contributed by atoms with Gasteiger partial charge in [-0.05, 0) is 25.0 Å². The molecule has 0 saturated carbocycles. The zero-order valence-electron chi connectivity index (χ0n) is 10.0. The fourth-order valence-corrected chi connectivity index (χ4v) is 2.18. The van der Waals surface area contributed by atoms with Gasteiger partial charge in [-0.2, -0.15) is 0 Å². The smallest absolute Gasteiger partial charge is 0.414 e. The number of fused-ring (bicyclic) bond motifs is 1. The molecule has 0 fully saturated rings. The van der Waals surface area contributed by atoms with Crippen LogP contribution >= 0.6 is 0 Å². The molecular weight excluding hydrogens is 218 g/mol. The largest absolute Gasteiger partial charge is 0.452 e. The van der Waals surface area contributed by atoms with Gasteiger partial charge in [0.15, 0.2) is 5.78 Å². The monoisotopic (exact) mass is 233 g/mol. The number of para-hydroxylation sites is 1. The molecule has 90 valence electrons. The summed E-state index contributed by atoms with van der Waals surface area (Å²) in [6.45, 7) is 2.42. The normalized spacial score (nSPS) is 15.2. The number of methoxy groups -OCH3 is 1. The van der Waals surface area contributed by atoms with E-state index in [4.69, 9.17) is 4.74 Å². The molecule has 1 aliphatic rings. The molecule has 4 heteroatoms. The summed E-state index contributed by atoms with van der Waals surface area (Å²) in [5, 5.41) is 0. The van der Waals surface area contributed by atoms with Crippen LogP contribution in [0.2, 0.25) is 0 Å². The van der Waals surface area contributed by atoms with Crippen LogP contribution in [-0.4, -0.2) is 25.5 Å². The quantitative estimate of drug-likeness (QED) is 0.691. The first-order valence-corrected chi connectivity index (χ1v) is 5.63. The number of carbonyl (C=O) groups is 2. The molecule has 1 amide bonds. The van der Waals surface area contributed by atoms with Crippen LogP contribution in [-0.2, 0) is 4.74 Å². The van der Waals surface area contributed by atoms with Crippen LogP contribution in [0.25, 0.3) is 0 Å². The van der Waals surface area contributed by atoms with Crippen LogP contribution in [0, 0.1) is 6.92 Å². The van der Waals surface area contributed by atoms with E-state index >= 15 is 0 Å². The molecular formula is C13H15NO3. The number of nitrogens with zero attached hydrogens (tertiary/aromatic N) is 1. The maximum Gasteiger partial charge on any atom is 0.414 e. The second-order valence-electron chi connectivity index (χ2n) is 4.12. The van der Waals surface area contributed by atoms with E-state index in [9.17, 15) is 9.59 Å². The molecule has 0 aliphatic carbocycles. The summed E-state index contributed by atoms with van der Waals surface area (Å²) in [5.41, 5.74) is 2.23. The highest BCUT2D eigenvalue weighted by molar-refractivity contribution is 6.06. The Bertz CT molecular complexity index is 468. The summed E-state index contributed by atoms with van der Waals surface area (Å²) in [5.74, 6) is 0.0927. The minimum Gasteiger partial charge on any atom is -0.452 e. The molecule has 1 aromatic carbocycles. The van der Waals surface area contributed by atoms with Crippen molar-refractivity contribution >= 4 is 17.6 Å². The third-order valence-electron chi connectivity index (χ3n) is 2.99. The van der Waals surface area contributed by atoms with Crippen LogP contribution in [0.4, 0.5) is 10.5 Å². The summed E-state index contributed by atoms with van der Waals surface area (Å²) in [7, 11) is 1.35. The molecule has 0 bridgehead atoms. The van der Waals surface area contributed by atoms with Crippen molar-refractivity contribution in [1.82, 2.24) is 0 Å². The highest BCUT2D eigenvalue weighted by Crippen LogP contribution is 2.30. The molecule has 0 unspecified atom stereocenters. The summed E-state index contributed by atoms with van der Waals surface area (Å²) < 4.78 is 4.77. The number of rotatable bonds is 0. The standard InChI is InChI=1S/C13H15NO3/c1-9-5-3-6-10-11(15)7-4-8-14(12(9)10)13(16)17-2/h3,5-6H,4,7-8H2,1-2H3. The highest BCUT2D eigenvalue weighted by Gasteiger charge is 2.26. The molecule has 1 heterocycles. The number of hydrogen-bond acceptors (Lipinski definition) is 3. The van der Waals surface area contributed by atoms with E-state index in [1.54, 1.807) is 11.0 Å². The van der Waals surface area contributed by atoms with Crippen molar-refractivity contribution in [1.29, 1.82) is 0 Å². The van der Waals surface area contributed by atoms with Gasteiger partial charge in [0.1, 0.15) is 0 Å². The van der Waals surface area contributed by atoms with Gasteiger partial charge in [-0.3, -0.25) is 9.69 Å². The van der Waals surface area contributed by atoms with Crippen molar-refractivity contribution in [3.63, 3.8) is 0 Å². The Morgan fingerprint density at radius 2 is 2.18 bits per heavy atom. The van der Waals surface area contributed by atoms with E-state index in [2.05, 4.69) is 0 Å². The number of benzene rings is 1. The lowest BCUT2D eigenvalue weighted by molar-refractivity contribution is 0.0983. The zero-order chi connectivity index (χ0) is 12.4. The maximum absolute atomic E-state index is 11.9. The summed E-state index contributed by atoms with van der Waals surface area (Å²) in [6, 6.07) is 5.51. The van der Waals surface area contributed by atoms with Crippen molar-refractivity contribution in [2.75, 3.05) is 18.6 Å². The third kappa shape index (κ3) is 2.02. The number of aryl methyl sites for hydroxylation is 1. The van der Waals surface area contributed by atoms with Crippen molar-refractivity contribution in [2.45, 2.75) is 19.8 Å². The molecule has 2 rings (SSSR count). The van der Waals surface area contributed by atoms with Gasteiger partial charge in [0.25, 0.3) is 0 Å². The highest BCUT2D eigenvalue weighted by atomic mass is 16.5. The molecule has 4 nitrogen and oxygen atoms in total. The van der Waals surface area contributed by atoms with E-state index in [1.165, 1.54) is 7.11 Å². The zero-order valence-corrected chi connectivity index (χ0v) is 10.0. The molecule has 1 aromatic rings. The lowest BCUT2D eigenvalue weighted by atomic mass is 10.0. The van der Waals surface area contributed by atoms with Crippen LogP contribution in [0.1, 0.15) is 28.8 Å². The third-order valence-corrected chi connectivity index (χ3v) is 2.99. The molecule has 0 radical (unpaired) electrons. The minimum absolute atomic E-state index is 0.0927. The Balaban J connectivity index is 2.56. The first-order chi connectivity index (χ1) is 8.15. The van der Waals surface area contributed by atoms with E-state index < -0.39 is 6.09 Å². The summed E-state index contributed by atoms with van der Waals surface area (Å²) in [6.07, 6.45) is 0.738. The number of carbonyl (C=O) groups excluding carboxylic acids is 2. The van der Waals surface area contributed by atoms with Crippen LogP contribution in [0.5, 0.6) is 0 Å². The number of anilines is 1. The van der Waals surface area contributed by atoms with Crippen LogP contribution < -0.4 is 4.90 Å².